The minimum absolute atomic E-state index is 0.186. The van der Waals surface area contributed by atoms with Crippen LogP contribution < -0.4 is 10.1 Å². The molecule has 0 spiro atoms. The van der Waals surface area contributed by atoms with Crippen molar-refractivity contribution in [3.05, 3.63) is 59.1 Å². The van der Waals surface area contributed by atoms with Crippen LogP contribution in [0.25, 0.3) is 22.8 Å². The fourth-order valence-corrected chi connectivity index (χ4v) is 3.18. The van der Waals surface area contributed by atoms with Gasteiger partial charge in [0.2, 0.25) is 11.0 Å². The predicted molar refractivity (Wildman–Crippen MR) is 109 cm³/mol. The number of aromatic nitrogens is 4. The van der Waals surface area contributed by atoms with Gasteiger partial charge in [0.05, 0.1) is 5.56 Å². The summed E-state index contributed by atoms with van der Waals surface area (Å²) in [6.07, 6.45) is 0. The highest BCUT2D eigenvalue weighted by Crippen LogP contribution is 2.30. The normalized spacial score (nSPS) is 10.7. The van der Waals surface area contributed by atoms with Crippen molar-refractivity contribution >= 4 is 22.4 Å². The van der Waals surface area contributed by atoms with Gasteiger partial charge in [0.25, 0.3) is 11.8 Å². The van der Waals surface area contributed by atoms with E-state index >= 15 is 0 Å². The molecule has 0 bridgehead atoms. The Morgan fingerprint density at radius 2 is 1.90 bits per heavy atom. The predicted octanol–water partition coefficient (Wildman–Crippen LogP) is 3.89. The lowest BCUT2D eigenvalue weighted by Gasteiger charge is -2.08. The number of carbonyl (C=O) groups excluding carboxylic acids is 1. The first-order valence-corrected chi connectivity index (χ1v) is 9.63. The maximum atomic E-state index is 12.1. The molecule has 0 aliphatic heterocycles. The van der Waals surface area contributed by atoms with E-state index in [0.717, 1.165) is 16.1 Å². The molecule has 4 aromatic rings. The molecule has 0 saturated carbocycles. The van der Waals surface area contributed by atoms with Crippen molar-refractivity contribution in [3.8, 4) is 28.6 Å². The molecule has 29 heavy (non-hydrogen) atoms. The number of amides is 1. The SMILES string of the molecule is Cc1ccc(-c2noc(-c3ccccc3OCC(=O)Nc3nnc(C)s3)n2)cc1. The first-order chi connectivity index (χ1) is 14.1. The Hall–Kier alpha value is -3.59. The first kappa shape index (κ1) is 18.8. The van der Waals surface area contributed by atoms with Crippen LogP contribution in [-0.4, -0.2) is 32.9 Å². The van der Waals surface area contributed by atoms with Crippen molar-refractivity contribution in [3.63, 3.8) is 0 Å². The van der Waals surface area contributed by atoms with Crippen LogP contribution in [0.5, 0.6) is 5.75 Å². The minimum Gasteiger partial charge on any atom is -0.483 e. The molecule has 4 rings (SSSR count). The fraction of sp³-hybridized carbons (Fsp3) is 0.150. The largest absolute Gasteiger partial charge is 0.483 e. The molecule has 0 fully saturated rings. The third-order valence-electron chi connectivity index (χ3n) is 3.98. The number of carbonyl (C=O) groups is 1. The molecule has 2 aromatic heterocycles. The molecule has 1 amide bonds. The number of nitrogens with zero attached hydrogens (tertiary/aromatic N) is 4. The molecule has 0 atom stereocenters. The van der Waals surface area contributed by atoms with Crippen LogP contribution in [0.4, 0.5) is 5.13 Å². The molecule has 8 nitrogen and oxygen atoms in total. The fourth-order valence-electron chi connectivity index (χ4n) is 2.57. The molecule has 0 aliphatic carbocycles. The van der Waals surface area contributed by atoms with E-state index in [-0.39, 0.29) is 12.5 Å². The van der Waals surface area contributed by atoms with Crippen LogP contribution in [0, 0.1) is 13.8 Å². The Morgan fingerprint density at radius 1 is 1.10 bits per heavy atom. The van der Waals surface area contributed by atoms with Gasteiger partial charge < -0.3 is 9.26 Å². The Labute approximate surface area is 170 Å². The molecule has 146 valence electrons. The van der Waals surface area contributed by atoms with Gasteiger partial charge in [-0.25, -0.2) is 0 Å². The molecule has 2 aromatic carbocycles. The summed E-state index contributed by atoms with van der Waals surface area (Å²) in [6, 6.07) is 15.0. The number of rotatable bonds is 6. The van der Waals surface area contributed by atoms with Crippen LogP contribution in [0.1, 0.15) is 10.6 Å². The van der Waals surface area contributed by atoms with E-state index in [1.165, 1.54) is 11.3 Å². The molecular formula is C20H17N5O3S. The van der Waals surface area contributed by atoms with E-state index in [2.05, 4.69) is 25.7 Å². The average Bonchev–Trinajstić information content (AvgIpc) is 3.36. The lowest BCUT2D eigenvalue weighted by Crippen LogP contribution is -2.20. The van der Waals surface area contributed by atoms with Crippen LogP contribution in [0.3, 0.4) is 0 Å². The number of benzene rings is 2. The second-order valence-electron chi connectivity index (χ2n) is 6.25. The number of para-hydroxylation sites is 1. The zero-order chi connectivity index (χ0) is 20.2. The van der Waals surface area contributed by atoms with E-state index in [9.17, 15) is 4.79 Å². The van der Waals surface area contributed by atoms with Crippen LogP contribution in [0.15, 0.2) is 53.1 Å². The Kier molecular flexibility index (Phi) is 5.30. The second kappa shape index (κ2) is 8.19. The number of hydrogen-bond donors (Lipinski definition) is 1. The van der Waals surface area contributed by atoms with Gasteiger partial charge in [-0.1, -0.05) is 58.5 Å². The number of aryl methyl sites for hydroxylation is 2. The topological polar surface area (TPSA) is 103 Å². The van der Waals surface area contributed by atoms with Gasteiger partial charge in [-0.05, 0) is 26.0 Å². The molecule has 0 aliphatic rings. The van der Waals surface area contributed by atoms with E-state index in [1.807, 2.05) is 50.2 Å². The lowest BCUT2D eigenvalue weighted by molar-refractivity contribution is -0.118. The Balaban J connectivity index is 1.48. The summed E-state index contributed by atoms with van der Waals surface area (Å²) in [6.45, 7) is 3.64. The first-order valence-electron chi connectivity index (χ1n) is 8.81. The lowest BCUT2D eigenvalue weighted by atomic mass is 10.1. The molecule has 0 saturated heterocycles. The average molecular weight is 407 g/mol. The third-order valence-corrected chi connectivity index (χ3v) is 4.74. The van der Waals surface area contributed by atoms with E-state index < -0.39 is 0 Å². The van der Waals surface area contributed by atoms with Crippen molar-refractivity contribution in [2.24, 2.45) is 0 Å². The molecule has 9 heteroatoms. The number of nitrogens with one attached hydrogen (secondary N) is 1. The second-order valence-corrected chi connectivity index (χ2v) is 7.43. The van der Waals surface area contributed by atoms with Crippen LogP contribution >= 0.6 is 11.3 Å². The summed E-state index contributed by atoms with van der Waals surface area (Å²) in [4.78, 5) is 16.6. The van der Waals surface area contributed by atoms with Crippen molar-refractivity contribution in [2.75, 3.05) is 11.9 Å². The summed E-state index contributed by atoms with van der Waals surface area (Å²) < 4.78 is 11.1. The summed E-state index contributed by atoms with van der Waals surface area (Å²) in [7, 11) is 0. The van der Waals surface area contributed by atoms with Gasteiger partial charge in [0.1, 0.15) is 10.8 Å². The highest BCUT2D eigenvalue weighted by Gasteiger charge is 2.16. The van der Waals surface area contributed by atoms with Crippen molar-refractivity contribution < 1.29 is 14.1 Å². The van der Waals surface area contributed by atoms with Gasteiger partial charge in [-0.15, -0.1) is 10.2 Å². The van der Waals surface area contributed by atoms with E-state index in [4.69, 9.17) is 9.26 Å². The molecule has 0 radical (unpaired) electrons. The van der Waals surface area contributed by atoms with Gasteiger partial charge in [-0.3, -0.25) is 10.1 Å². The highest BCUT2D eigenvalue weighted by molar-refractivity contribution is 7.15. The third kappa shape index (κ3) is 4.46. The Bertz CT molecular complexity index is 1140. The van der Waals surface area contributed by atoms with Gasteiger partial charge in [0, 0.05) is 5.56 Å². The quantitative estimate of drug-likeness (QED) is 0.517. The summed E-state index contributed by atoms with van der Waals surface area (Å²) in [5.74, 6) is 0.938. The van der Waals surface area contributed by atoms with Crippen molar-refractivity contribution in [2.45, 2.75) is 13.8 Å². The number of anilines is 1. The number of ether oxygens (including phenoxy) is 1. The minimum atomic E-state index is -0.332. The number of hydrogen-bond acceptors (Lipinski definition) is 8. The Morgan fingerprint density at radius 3 is 2.66 bits per heavy atom. The standard InChI is InChI=1S/C20H17N5O3S/c1-12-7-9-14(10-8-12)18-22-19(28-25-18)15-5-3-4-6-16(15)27-11-17(26)21-20-24-23-13(2)29-20/h3-10H,11H2,1-2H3,(H,21,24,26). The van der Waals surface area contributed by atoms with Crippen LogP contribution in [-0.2, 0) is 4.79 Å². The van der Waals surface area contributed by atoms with Crippen LogP contribution in [0.2, 0.25) is 0 Å². The monoisotopic (exact) mass is 407 g/mol. The molecule has 0 unspecified atom stereocenters. The molecule has 2 heterocycles. The maximum Gasteiger partial charge on any atom is 0.264 e. The molecule has 1 N–H and O–H groups in total. The maximum absolute atomic E-state index is 12.1. The zero-order valence-electron chi connectivity index (χ0n) is 15.7. The smallest absolute Gasteiger partial charge is 0.264 e. The van der Waals surface area contributed by atoms with Gasteiger partial charge in [0.15, 0.2) is 6.61 Å². The van der Waals surface area contributed by atoms with E-state index in [1.54, 1.807) is 12.1 Å². The summed E-state index contributed by atoms with van der Waals surface area (Å²) in [5, 5.41) is 15.6. The van der Waals surface area contributed by atoms with Gasteiger partial charge in [-0.2, -0.15) is 4.98 Å². The van der Waals surface area contributed by atoms with Crippen molar-refractivity contribution in [1.29, 1.82) is 0 Å². The van der Waals surface area contributed by atoms with Gasteiger partial charge >= 0.3 is 0 Å². The summed E-state index contributed by atoms with van der Waals surface area (Å²) in [5.41, 5.74) is 2.62. The summed E-state index contributed by atoms with van der Waals surface area (Å²) >= 11 is 1.30. The van der Waals surface area contributed by atoms with E-state index in [0.29, 0.717) is 28.2 Å². The zero-order valence-corrected chi connectivity index (χ0v) is 16.6. The van der Waals surface area contributed by atoms with Crippen molar-refractivity contribution in [1.82, 2.24) is 20.3 Å². The molecular weight excluding hydrogens is 390 g/mol. The highest BCUT2D eigenvalue weighted by atomic mass is 32.1.